The van der Waals surface area contributed by atoms with E-state index in [4.69, 9.17) is 5.84 Å². The number of aromatic nitrogens is 1. The van der Waals surface area contributed by atoms with Gasteiger partial charge >= 0.3 is 0 Å². The number of rotatable bonds is 4. The van der Waals surface area contributed by atoms with Crippen molar-refractivity contribution in [3.8, 4) is 0 Å². The summed E-state index contributed by atoms with van der Waals surface area (Å²) in [6, 6.07) is 4.65. The fourth-order valence-electron chi connectivity index (χ4n) is 3.53. The number of aryl methyl sites for hydroxylation is 1. The summed E-state index contributed by atoms with van der Waals surface area (Å²) in [6.45, 7) is 0. The summed E-state index contributed by atoms with van der Waals surface area (Å²) < 4.78 is 0. The third-order valence-corrected chi connectivity index (χ3v) is 5.68. The predicted octanol–water partition coefficient (Wildman–Crippen LogP) is 2.48. The molecule has 2 unspecified atom stereocenters. The van der Waals surface area contributed by atoms with Gasteiger partial charge in [0.2, 0.25) is 0 Å². The first-order chi connectivity index (χ1) is 9.38. The van der Waals surface area contributed by atoms with Gasteiger partial charge in [-0.05, 0) is 61.2 Å². The van der Waals surface area contributed by atoms with Gasteiger partial charge in [0.25, 0.3) is 0 Å². The number of thioether (sulfide) groups is 1. The van der Waals surface area contributed by atoms with Crippen LogP contribution in [0.5, 0.6) is 0 Å². The summed E-state index contributed by atoms with van der Waals surface area (Å²) in [4.78, 5) is 4.60. The average Bonchev–Trinajstić information content (AvgIpc) is 2.90. The summed E-state index contributed by atoms with van der Waals surface area (Å²) in [5.74, 6) is 9.84. The number of hydrazine groups is 1. The zero-order chi connectivity index (χ0) is 13.1. The van der Waals surface area contributed by atoms with Crippen LogP contribution in [0.25, 0.3) is 0 Å². The molecule has 1 saturated heterocycles. The van der Waals surface area contributed by atoms with Gasteiger partial charge < -0.3 is 0 Å². The second-order valence-electron chi connectivity index (χ2n) is 5.76. The quantitative estimate of drug-likeness (QED) is 0.656. The molecule has 0 aromatic carbocycles. The number of hydrogen-bond acceptors (Lipinski definition) is 4. The molecule has 1 aromatic rings. The highest BCUT2D eigenvalue weighted by atomic mass is 32.2. The van der Waals surface area contributed by atoms with Crippen LogP contribution < -0.4 is 11.3 Å². The van der Waals surface area contributed by atoms with Crippen LogP contribution in [0.2, 0.25) is 0 Å². The van der Waals surface area contributed by atoms with Crippen molar-refractivity contribution in [1.82, 2.24) is 10.4 Å². The summed E-state index contributed by atoms with van der Waals surface area (Å²) in [5.41, 5.74) is 5.80. The van der Waals surface area contributed by atoms with Crippen LogP contribution in [0.4, 0.5) is 0 Å². The Labute approximate surface area is 119 Å². The molecule has 0 amide bonds. The molecule has 1 fully saturated rings. The first-order valence-corrected chi connectivity index (χ1v) is 8.51. The zero-order valence-electron chi connectivity index (χ0n) is 11.3. The van der Waals surface area contributed by atoms with E-state index in [0.29, 0.717) is 12.0 Å². The Morgan fingerprint density at radius 2 is 2.21 bits per heavy atom. The van der Waals surface area contributed by atoms with E-state index in [2.05, 4.69) is 28.2 Å². The maximum atomic E-state index is 5.84. The average molecular weight is 277 g/mol. The molecule has 2 atom stereocenters. The van der Waals surface area contributed by atoms with Crippen LogP contribution in [0.15, 0.2) is 18.3 Å². The van der Waals surface area contributed by atoms with E-state index in [1.165, 1.54) is 48.4 Å². The summed E-state index contributed by atoms with van der Waals surface area (Å²) in [5, 5.41) is 0. The van der Waals surface area contributed by atoms with Crippen LogP contribution in [-0.4, -0.2) is 22.5 Å². The highest BCUT2D eigenvalue weighted by Crippen LogP contribution is 2.37. The predicted molar refractivity (Wildman–Crippen MR) is 81.1 cm³/mol. The Balaban J connectivity index is 1.69. The van der Waals surface area contributed by atoms with E-state index in [1.54, 1.807) is 0 Å². The molecule has 3 N–H and O–H groups in total. The minimum absolute atomic E-state index is 0.393. The minimum Gasteiger partial charge on any atom is -0.271 e. The van der Waals surface area contributed by atoms with Crippen molar-refractivity contribution in [2.45, 2.75) is 44.1 Å². The first kappa shape index (κ1) is 13.4. The number of fused-ring (bicyclic) bond motifs is 1. The Kier molecular flexibility index (Phi) is 4.41. The summed E-state index contributed by atoms with van der Waals surface area (Å²) in [7, 11) is 0. The first-order valence-electron chi connectivity index (χ1n) is 7.36. The Morgan fingerprint density at radius 3 is 3.00 bits per heavy atom. The zero-order valence-corrected chi connectivity index (χ0v) is 12.2. The van der Waals surface area contributed by atoms with Crippen molar-refractivity contribution >= 4 is 11.8 Å². The van der Waals surface area contributed by atoms with Crippen molar-refractivity contribution in [1.29, 1.82) is 0 Å². The lowest BCUT2D eigenvalue weighted by Gasteiger charge is -2.29. The fraction of sp³-hybridized carbons (Fsp3) is 0.667. The smallest absolute Gasteiger partial charge is 0.0482 e. The lowest BCUT2D eigenvalue weighted by Crippen LogP contribution is -2.41. The molecular weight excluding hydrogens is 254 g/mol. The molecule has 4 heteroatoms. The van der Waals surface area contributed by atoms with Gasteiger partial charge in [0, 0.05) is 23.9 Å². The molecule has 1 aliphatic carbocycles. The number of pyridine rings is 1. The molecule has 0 bridgehead atoms. The van der Waals surface area contributed by atoms with E-state index < -0.39 is 0 Å². The van der Waals surface area contributed by atoms with Crippen LogP contribution in [0.1, 0.15) is 42.9 Å². The maximum absolute atomic E-state index is 5.84. The fourth-order valence-corrected chi connectivity index (χ4v) is 4.73. The third-order valence-electron chi connectivity index (χ3n) is 4.63. The topological polar surface area (TPSA) is 50.9 Å². The van der Waals surface area contributed by atoms with E-state index in [-0.39, 0.29) is 0 Å². The molecule has 3 rings (SSSR count). The Bertz CT molecular complexity index is 418. The molecular formula is C15H23N3S. The van der Waals surface area contributed by atoms with Crippen molar-refractivity contribution in [2.75, 3.05) is 11.5 Å². The van der Waals surface area contributed by atoms with E-state index in [1.807, 2.05) is 12.3 Å². The number of nitrogens with zero attached hydrogens (tertiary/aromatic N) is 1. The van der Waals surface area contributed by atoms with Crippen molar-refractivity contribution < 1.29 is 0 Å². The Morgan fingerprint density at radius 1 is 1.37 bits per heavy atom. The molecule has 3 nitrogen and oxygen atoms in total. The number of nitrogens with one attached hydrogen (secondary N) is 1. The third kappa shape index (κ3) is 2.96. The standard InChI is InChI=1S/C15H23N3S/c16-18-14(10-11-5-8-19-9-6-11)13-4-3-12-2-1-7-17-15(12)13/h1-2,7,11,13-14,18H,3-6,8-10,16H2. The highest BCUT2D eigenvalue weighted by Gasteiger charge is 2.32. The van der Waals surface area contributed by atoms with Crippen molar-refractivity contribution in [3.05, 3.63) is 29.6 Å². The van der Waals surface area contributed by atoms with Crippen molar-refractivity contribution in [3.63, 3.8) is 0 Å². The second kappa shape index (κ2) is 6.25. The lowest BCUT2D eigenvalue weighted by atomic mass is 9.86. The van der Waals surface area contributed by atoms with Crippen LogP contribution in [0.3, 0.4) is 0 Å². The molecule has 0 saturated carbocycles. The maximum Gasteiger partial charge on any atom is 0.0482 e. The van der Waals surface area contributed by atoms with E-state index >= 15 is 0 Å². The van der Waals surface area contributed by atoms with Gasteiger partial charge in [0.05, 0.1) is 0 Å². The number of hydrogen-bond donors (Lipinski definition) is 2. The van der Waals surface area contributed by atoms with Gasteiger partial charge in [-0.15, -0.1) is 0 Å². The van der Waals surface area contributed by atoms with E-state index in [9.17, 15) is 0 Å². The molecule has 104 valence electrons. The van der Waals surface area contributed by atoms with Crippen LogP contribution in [-0.2, 0) is 6.42 Å². The van der Waals surface area contributed by atoms with Crippen LogP contribution in [0, 0.1) is 5.92 Å². The van der Waals surface area contributed by atoms with Crippen LogP contribution >= 0.6 is 11.8 Å². The van der Waals surface area contributed by atoms with Gasteiger partial charge in [-0.25, -0.2) is 0 Å². The normalized spacial score (nSPS) is 25.2. The summed E-state index contributed by atoms with van der Waals surface area (Å²) >= 11 is 2.09. The highest BCUT2D eigenvalue weighted by molar-refractivity contribution is 7.99. The molecule has 0 spiro atoms. The molecule has 0 radical (unpaired) electrons. The number of nitrogens with two attached hydrogens (primary N) is 1. The van der Waals surface area contributed by atoms with Gasteiger partial charge in [-0.1, -0.05) is 6.07 Å². The largest absolute Gasteiger partial charge is 0.271 e. The van der Waals surface area contributed by atoms with Gasteiger partial charge in [0.1, 0.15) is 0 Å². The molecule has 19 heavy (non-hydrogen) atoms. The Hall–Kier alpha value is -0.580. The summed E-state index contributed by atoms with van der Waals surface area (Å²) in [6.07, 6.45) is 8.18. The lowest BCUT2D eigenvalue weighted by molar-refractivity contribution is 0.326. The van der Waals surface area contributed by atoms with Gasteiger partial charge in [-0.3, -0.25) is 16.3 Å². The van der Waals surface area contributed by atoms with Crippen molar-refractivity contribution in [2.24, 2.45) is 11.8 Å². The monoisotopic (exact) mass is 277 g/mol. The molecule has 1 aliphatic heterocycles. The van der Waals surface area contributed by atoms with E-state index in [0.717, 1.165) is 12.3 Å². The SMILES string of the molecule is NNC(CC1CCSCC1)C1CCc2cccnc21. The van der Waals surface area contributed by atoms with Gasteiger partial charge in [0.15, 0.2) is 0 Å². The minimum atomic E-state index is 0.393. The molecule has 2 heterocycles. The second-order valence-corrected chi connectivity index (χ2v) is 6.98. The van der Waals surface area contributed by atoms with Gasteiger partial charge in [-0.2, -0.15) is 11.8 Å². The molecule has 2 aliphatic rings. The molecule has 1 aromatic heterocycles.